The predicted octanol–water partition coefficient (Wildman–Crippen LogP) is 5.20. The van der Waals surface area contributed by atoms with E-state index in [0.29, 0.717) is 0 Å². The lowest BCUT2D eigenvalue weighted by atomic mass is 10.1. The van der Waals surface area contributed by atoms with Crippen LogP contribution in [-0.4, -0.2) is 6.61 Å². The maximum atomic E-state index is 5.85. The minimum absolute atomic E-state index is 0.740. The first-order valence-corrected chi connectivity index (χ1v) is 8.75. The lowest BCUT2D eigenvalue weighted by Crippen LogP contribution is -1.98. The van der Waals surface area contributed by atoms with Gasteiger partial charge in [-0.2, -0.15) is 0 Å². The average Bonchev–Trinajstić information content (AvgIpc) is 3.51. The maximum absolute atomic E-state index is 5.85. The molecule has 118 valence electrons. The normalized spacial score (nSPS) is 28.9. The van der Waals surface area contributed by atoms with Gasteiger partial charge in [0.1, 0.15) is 0 Å². The van der Waals surface area contributed by atoms with Crippen molar-refractivity contribution in [2.45, 2.75) is 25.4 Å². The van der Waals surface area contributed by atoms with Gasteiger partial charge in [-0.1, -0.05) is 72.8 Å². The van der Waals surface area contributed by atoms with E-state index in [1.165, 1.54) is 24.0 Å². The van der Waals surface area contributed by atoms with Crippen LogP contribution in [0.5, 0.6) is 0 Å². The second kappa shape index (κ2) is 6.72. The summed E-state index contributed by atoms with van der Waals surface area (Å²) in [5.41, 5.74) is 2.77. The second-order valence-electron chi connectivity index (χ2n) is 6.96. The Morgan fingerprint density at radius 1 is 0.826 bits per heavy atom. The Balaban J connectivity index is 1.17. The topological polar surface area (TPSA) is 9.23 Å². The molecule has 1 nitrogen and oxygen atoms in total. The minimum atomic E-state index is 0.740. The molecule has 0 unspecified atom stereocenters. The van der Waals surface area contributed by atoms with Gasteiger partial charge in [-0.15, -0.1) is 0 Å². The van der Waals surface area contributed by atoms with Crippen LogP contribution in [0.2, 0.25) is 0 Å². The van der Waals surface area contributed by atoms with Crippen LogP contribution in [0.1, 0.15) is 29.9 Å². The molecule has 4 atom stereocenters. The third kappa shape index (κ3) is 3.92. The summed E-state index contributed by atoms with van der Waals surface area (Å²) in [6, 6.07) is 21.4. The highest BCUT2D eigenvalue weighted by atomic mass is 16.5. The quantitative estimate of drug-likeness (QED) is 0.639. The molecule has 2 aromatic rings. The fraction of sp³-hybridized carbons (Fsp3) is 0.364. The summed E-state index contributed by atoms with van der Waals surface area (Å²) < 4.78 is 5.85. The fourth-order valence-corrected chi connectivity index (χ4v) is 3.40. The number of rotatable bonds is 7. The van der Waals surface area contributed by atoms with Gasteiger partial charge in [0, 0.05) is 0 Å². The van der Waals surface area contributed by atoms with Gasteiger partial charge in [-0.3, -0.25) is 0 Å². The van der Waals surface area contributed by atoms with Gasteiger partial charge in [-0.05, 0) is 47.6 Å². The lowest BCUT2D eigenvalue weighted by Gasteiger charge is -2.03. The van der Waals surface area contributed by atoms with E-state index >= 15 is 0 Å². The monoisotopic (exact) mass is 304 g/mol. The summed E-state index contributed by atoms with van der Waals surface area (Å²) in [6.07, 6.45) is 7.53. The van der Waals surface area contributed by atoms with E-state index in [-0.39, 0.29) is 0 Å². The van der Waals surface area contributed by atoms with Crippen molar-refractivity contribution in [3.8, 4) is 0 Å². The summed E-state index contributed by atoms with van der Waals surface area (Å²) in [6.45, 7) is 1.64. The molecule has 0 bridgehead atoms. The van der Waals surface area contributed by atoms with Gasteiger partial charge >= 0.3 is 0 Å². The molecule has 2 aromatic carbocycles. The Morgan fingerprint density at radius 2 is 1.52 bits per heavy atom. The van der Waals surface area contributed by atoms with E-state index in [9.17, 15) is 0 Å². The Bertz CT molecular complexity index is 646. The Kier molecular flexibility index (Phi) is 4.30. The SMILES string of the molecule is C(=C\[C@@H]1C[C@H]1c1ccccc1)/[C@@H]1C[C@@H]1COCc1ccccc1. The lowest BCUT2D eigenvalue weighted by molar-refractivity contribution is 0.109. The zero-order chi connectivity index (χ0) is 15.5. The highest BCUT2D eigenvalue weighted by molar-refractivity contribution is 5.28. The first-order valence-electron chi connectivity index (χ1n) is 8.75. The van der Waals surface area contributed by atoms with Gasteiger partial charge in [0.2, 0.25) is 0 Å². The van der Waals surface area contributed by atoms with E-state index < -0.39 is 0 Å². The number of benzene rings is 2. The standard InChI is InChI=1S/C22H24O/c1-3-7-17(8-4-1)15-23-16-21-13-19(21)11-12-20-14-22(20)18-9-5-2-6-10-18/h1-12,19-22H,13-16H2/b12-11+/t19-,20-,21-,22+/m1/s1. The molecule has 0 aliphatic heterocycles. The Hall–Kier alpha value is -1.86. The van der Waals surface area contributed by atoms with Crippen LogP contribution in [0.15, 0.2) is 72.8 Å². The molecule has 23 heavy (non-hydrogen) atoms. The molecule has 0 spiro atoms. The number of hydrogen-bond donors (Lipinski definition) is 0. The van der Waals surface area contributed by atoms with Crippen LogP contribution in [0, 0.1) is 17.8 Å². The van der Waals surface area contributed by atoms with Crippen molar-refractivity contribution in [1.82, 2.24) is 0 Å². The van der Waals surface area contributed by atoms with Gasteiger partial charge < -0.3 is 4.74 Å². The third-order valence-corrected chi connectivity index (χ3v) is 5.09. The number of allylic oxidation sites excluding steroid dienone is 2. The van der Waals surface area contributed by atoms with Gasteiger partial charge in [0.25, 0.3) is 0 Å². The van der Waals surface area contributed by atoms with Gasteiger partial charge in [-0.25, -0.2) is 0 Å². The average molecular weight is 304 g/mol. The van der Waals surface area contributed by atoms with E-state index in [1.54, 1.807) is 0 Å². The van der Waals surface area contributed by atoms with E-state index in [4.69, 9.17) is 4.74 Å². The van der Waals surface area contributed by atoms with Crippen LogP contribution in [0.4, 0.5) is 0 Å². The Labute approximate surface area is 139 Å². The summed E-state index contributed by atoms with van der Waals surface area (Å²) in [5, 5.41) is 0. The molecule has 2 aliphatic carbocycles. The summed E-state index contributed by atoms with van der Waals surface area (Å²) in [5.74, 6) is 3.02. The molecule has 0 saturated heterocycles. The van der Waals surface area contributed by atoms with Crippen molar-refractivity contribution in [1.29, 1.82) is 0 Å². The van der Waals surface area contributed by atoms with Crippen molar-refractivity contribution in [3.05, 3.63) is 83.9 Å². The Morgan fingerprint density at radius 3 is 2.30 bits per heavy atom. The molecule has 0 heterocycles. The fourth-order valence-electron chi connectivity index (χ4n) is 3.40. The van der Waals surface area contributed by atoms with Crippen molar-refractivity contribution < 1.29 is 4.74 Å². The summed E-state index contributed by atoms with van der Waals surface area (Å²) >= 11 is 0. The van der Waals surface area contributed by atoms with E-state index in [0.717, 1.165) is 36.9 Å². The van der Waals surface area contributed by atoms with Crippen LogP contribution < -0.4 is 0 Å². The molecular formula is C22H24O. The molecule has 0 radical (unpaired) electrons. The van der Waals surface area contributed by atoms with Crippen molar-refractivity contribution >= 4 is 0 Å². The minimum Gasteiger partial charge on any atom is -0.376 e. The van der Waals surface area contributed by atoms with Crippen LogP contribution in [0.3, 0.4) is 0 Å². The largest absolute Gasteiger partial charge is 0.376 e. The molecule has 0 aromatic heterocycles. The van der Waals surface area contributed by atoms with Gasteiger partial charge in [0.15, 0.2) is 0 Å². The number of ether oxygens (including phenoxy) is 1. The molecule has 1 heteroatoms. The highest BCUT2D eigenvalue weighted by Gasteiger charge is 2.38. The van der Waals surface area contributed by atoms with Crippen LogP contribution in [0.25, 0.3) is 0 Å². The summed E-state index contributed by atoms with van der Waals surface area (Å²) in [7, 11) is 0. The van der Waals surface area contributed by atoms with Crippen LogP contribution in [-0.2, 0) is 11.3 Å². The van der Waals surface area contributed by atoms with Crippen molar-refractivity contribution in [3.63, 3.8) is 0 Å². The molecular weight excluding hydrogens is 280 g/mol. The number of hydrogen-bond acceptors (Lipinski definition) is 1. The molecule has 4 rings (SSSR count). The first kappa shape index (κ1) is 14.7. The van der Waals surface area contributed by atoms with E-state index in [1.807, 2.05) is 6.07 Å². The smallest absolute Gasteiger partial charge is 0.0717 e. The zero-order valence-electron chi connectivity index (χ0n) is 13.5. The molecule has 0 N–H and O–H groups in total. The second-order valence-corrected chi connectivity index (χ2v) is 6.96. The molecule has 0 amide bonds. The molecule has 2 fully saturated rings. The third-order valence-electron chi connectivity index (χ3n) is 5.09. The van der Waals surface area contributed by atoms with Crippen molar-refractivity contribution in [2.24, 2.45) is 17.8 Å². The first-order chi connectivity index (χ1) is 11.4. The highest BCUT2D eigenvalue weighted by Crippen LogP contribution is 2.49. The zero-order valence-corrected chi connectivity index (χ0v) is 13.5. The maximum Gasteiger partial charge on any atom is 0.0717 e. The van der Waals surface area contributed by atoms with Crippen molar-refractivity contribution in [2.75, 3.05) is 6.61 Å². The predicted molar refractivity (Wildman–Crippen MR) is 94.1 cm³/mol. The molecule has 2 aliphatic rings. The van der Waals surface area contributed by atoms with Crippen LogP contribution >= 0.6 is 0 Å². The summed E-state index contributed by atoms with van der Waals surface area (Å²) in [4.78, 5) is 0. The van der Waals surface area contributed by atoms with Gasteiger partial charge in [0.05, 0.1) is 13.2 Å². The molecule has 2 saturated carbocycles. The van der Waals surface area contributed by atoms with E-state index in [2.05, 4.69) is 66.7 Å².